The molecule has 33 heavy (non-hydrogen) atoms. The van der Waals surface area contributed by atoms with Crippen molar-refractivity contribution in [3.63, 3.8) is 0 Å². The van der Waals surface area contributed by atoms with Gasteiger partial charge in [0.1, 0.15) is 29.8 Å². The summed E-state index contributed by atoms with van der Waals surface area (Å²) in [5, 5.41) is 9.26. The summed E-state index contributed by atoms with van der Waals surface area (Å²) >= 11 is 0. The van der Waals surface area contributed by atoms with Gasteiger partial charge in [0.25, 0.3) is 0 Å². The minimum atomic E-state index is -0.700. The van der Waals surface area contributed by atoms with Crippen molar-refractivity contribution in [1.29, 1.82) is 0 Å². The Kier molecular flexibility index (Phi) is 5.85. The quantitative estimate of drug-likeness (QED) is 0.576. The number of aliphatic carboxylic acids is 1. The molecule has 0 spiro atoms. The van der Waals surface area contributed by atoms with Crippen LogP contribution >= 0.6 is 0 Å². The van der Waals surface area contributed by atoms with Crippen LogP contribution in [0, 0.1) is 17.6 Å². The van der Waals surface area contributed by atoms with Crippen LogP contribution in [0.25, 0.3) is 11.5 Å². The van der Waals surface area contributed by atoms with Gasteiger partial charge in [0.05, 0.1) is 11.6 Å². The van der Waals surface area contributed by atoms with Crippen LogP contribution in [0.2, 0.25) is 0 Å². The van der Waals surface area contributed by atoms with Gasteiger partial charge in [-0.25, -0.2) is 13.8 Å². The molecule has 1 aromatic heterocycles. The number of oxazole rings is 1. The Balaban J connectivity index is 1.22. The largest absolute Gasteiger partial charge is 0.489 e. The van der Waals surface area contributed by atoms with E-state index in [1.54, 1.807) is 12.1 Å². The van der Waals surface area contributed by atoms with E-state index in [4.69, 9.17) is 14.1 Å². The second kappa shape index (κ2) is 8.94. The molecular formula is C25H24F2N2O4. The van der Waals surface area contributed by atoms with Crippen molar-refractivity contribution >= 4 is 5.97 Å². The normalized spacial score (nSPS) is 20.5. The fourth-order valence-corrected chi connectivity index (χ4v) is 4.72. The Morgan fingerprint density at radius 3 is 2.61 bits per heavy atom. The summed E-state index contributed by atoms with van der Waals surface area (Å²) in [6.45, 7) is 1.56. The van der Waals surface area contributed by atoms with Crippen LogP contribution in [0.1, 0.15) is 36.3 Å². The van der Waals surface area contributed by atoms with Gasteiger partial charge in [0.15, 0.2) is 0 Å². The van der Waals surface area contributed by atoms with Crippen molar-refractivity contribution in [2.45, 2.75) is 44.9 Å². The number of nitrogens with zero attached hydrogens (tertiary/aromatic N) is 2. The molecular weight excluding hydrogens is 430 g/mol. The van der Waals surface area contributed by atoms with Gasteiger partial charge < -0.3 is 14.3 Å². The summed E-state index contributed by atoms with van der Waals surface area (Å²) in [6.07, 6.45) is 3.08. The third-order valence-electron chi connectivity index (χ3n) is 6.46. The molecule has 3 aromatic rings. The number of fused-ring (bicyclic) bond motifs is 1. The topological polar surface area (TPSA) is 75.8 Å². The highest BCUT2D eigenvalue weighted by Gasteiger charge is 2.35. The van der Waals surface area contributed by atoms with Crippen molar-refractivity contribution in [2.75, 3.05) is 6.54 Å². The van der Waals surface area contributed by atoms with E-state index < -0.39 is 17.6 Å². The van der Waals surface area contributed by atoms with Crippen molar-refractivity contribution in [3.05, 3.63) is 71.1 Å². The molecule has 0 radical (unpaired) electrons. The Morgan fingerprint density at radius 1 is 1.15 bits per heavy atom. The zero-order valence-electron chi connectivity index (χ0n) is 18.0. The molecule has 172 valence electrons. The molecule has 1 aliphatic heterocycles. The van der Waals surface area contributed by atoms with Gasteiger partial charge in [-0.05, 0) is 61.2 Å². The third-order valence-corrected chi connectivity index (χ3v) is 6.46. The summed E-state index contributed by atoms with van der Waals surface area (Å²) in [5.74, 6) is -0.229. The number of benzene rings is 2. The Labute approximate surface area is 189 Å². The summed E-state index contributed by atoms with van der Waals surface area (Å²) in [7, 11) is 0. The molecule has 2 aromatic carbocycles. The monoisotopic (exact) mass is 454 g/mol. The van der Waals surface area contributed by atoms with Crippen molar-refractivity contribution in [2.24, 2.45) is 5.92 Å². The number of aromatic nitrogens is 1. The number of rotatable bonds is 6. The van der Waals surface area contributed by atoms with E-state index in [0.717, 1.165) is 48.9 Å². The first kappa shape index (κ1) is 21.6. The van der Waals surface area contributed by atoms with E-state index in [0.29, 0.717) is 30.2 Å². The molecule has 1 saturated carbocycles. The molecule has 8 heteroatoms. The fourth-order valence-electron chi connectivity index (χ4n) is 4.72. The first-order chi connectivity index (χ1) is 15.9. The first-order valence-electron chi connectivity index (χ1n) is 11.1. The molecule has 0 saturated heterocycles. The molecule has 2 heterocycles. The van der Waals surface area contributed by atoms with Crippen LogP contribution in [-0.2, 0) is 24.4 Å². The van der Waals surface area contributed by atoms with E-state index in [2.05, 4.69) is 4.90 Å². The summed E-state index contributed by atoms with van der Waals surface area (Å²) in [5.41, 5.74) is 2.13. The van der Waals surface area contributed by atoms with E-state index in [-0.39, 0.29) is 18.6 Å². The van der Waals surface area contributed by atoms with E-state index >= 15 is 0 Å². The second-order valence-corrected chi connectivity index (χ2v) is 8.70. The van der Waals surface area contributed by atoms with Gasteiger partial charge in [0.2, 0.25) is 5.89 Å². The number of halogens is 2. The number of hydrogen-bond acceptors (Lipinski definition) is 5. The molecule has 2 aliphatic rings. The predicted molar refractivity (Wildman–Crippen MR) is 116 cm³/mol. The Bertz CT molecular complexity index is 1140. The molecule has 1 aliphatic carbocycles. The SMILES string of the molecule is O=C(O)C1CCC(N2CCc3oc(-c4ccc(OCc5cc(F)cc(F)c5)cc4)nc3C2)C1. The van der Waals surface area contributed by atoms with Gasteiger partial charge in [-0.15, -0.1) is 0 Å². The molecule has 2 atom stereocenters. The van der Waals surface area contributed by atoms with Crippen LogP contribution in [-0.4, -0.2) is 33.5 Å². The van der Waals surface area contributed by atoms with Crippen LogP contribution in [0.15, 0.2) is 46.9 Å². The zero-order chi connectivity index (χ0) is 22.9. The number of carboxylic acids is 1. The molecule has 6 nitrogen and oxygen atoms in total. The predicted octanol–water partition coefficient (Wildman–Crippen LogP) is 4.81. The average molecular weight is 454 g/mol. The maximum Gasteiger partial charge on any atom is 0.306 e. The van der Waals surface area contributed by atoms with E-state index in [1.807, 2.05) is 12.1 Å². The molecule has 0 bridgehead atoms. The van der Waals surface area contributed by atoms with Crippen molar-refractivity contribution in [1.82, 2.24) is 9.88 Å². The van der Waals surface area contributed by atoms with Gasteiger partial charge in [-0.3, -0.25) is 9.69 Å². The van der Waals surface area contributed by atoms with Crippen LogP contribution in [0.5, 0.6) is 5.75 Å². The highest BCUT2D eigenvalue weighted by Crippen LogP contribution is 2.34. The third kappa shape index (κ3) is 4.75. The maximum atomic E-state index is 13.3. The molecule has 0 amide bonds. The lowest BCUT2D eigenvalue weighted by atomic mass is 10.1. The van der Waals surface area contributed by atoms with Crippen molar-refractivity contribution < 1.29 is 27.8 Å². The molecule has 1 N–H and O–H groups in total. The van der Waals surface area contributed by atoms with Gasteiger partial charge in [-0.1, -0.05) is 0 Å². The first-order valence-corrected chi connectivity index (χ1v) is 11.1. The van der Waals surface area contributed by atoms with Crippen LogP contribution in [0.4, 0.5) is 8.78 Å². The van der Waals surface area contributed by atoms with Crippen LogP contribution < -0.4 is 4.74 Å². The zero-order valence-corrected chi connectivity index (χ0v) is 18.0. The van der Waals surface area contributed by atoms with E-state index in [1.165, 1.54) is 12.1 Å². The lowest BCUT2D eigenvalue weighted by Gasteiger charge is -2.30. The smallest absolute Gasteiger partial charge is 0.306 e. The molecule has 1 fully saturated rings. The lowest BCUT2D eigenvalue weighted by molar-refractivity contribution is -0.141. The minimum absolute atomic E-state index is 0.0566. The number of carbonyl (C=O) groups is 1. The lowest BCUT2D eigenvalue weighted by Crippen LogP contribution is -2.38. The van der Waals surface area contributed by atoms with Gasteiger partial charge in [-0.2, -0.15) is 0 Å². The van der Waals surface area contributed by atoms with Crippen LogP contribution in [0.3, 0.4) is 0 Å². The average Bonchev–Trinajstić information content (AvgIpc) is 3.44. The van der Waals surface area contributed by atoms with Gasteiger partial charge in [0, 0.05) is 37.2 Å². The minimum Gasteiger partial charge on any atom is -0.489 e. The fraction of sp³-hybridized carbons (Fsp3) is 0.360. The number of hydrogen-bond donors (Lipinski definition) is 1. The van der Waals surface area contributed by atoms with Crippen molar-refractivity contribution in [3.8, 4) is 17.2 Å². The van der Waals surface area contributed by atoms with Gasteiger partial charge >= 0.3 is 5.97 Å². The highest BCUT2D eigenvalue weighted by molar-refractivity contribution is 5.70. The number of carboxylic acid groups (broad SMARTS) is 1. The summed E-state index contributed by atoms with van der Waals surface area (Å²) < 4.78 is 38.3. The Morgan fingerprint density at radius 2 is 1.91 bits per heavy atom. The Hall–Kier alpha value is -3.26. The number of ether oxygens (including phenoxy) is 1. The summed E-state index contributed by atoms with van der Waals surface area (Å²) in [6, 6.07) is 10.8. The standard InChI is InChI=1S/C25H24F2N2O4/c26-18-9-15(10-19(27)12-18)14-32-21-5-2-16(3-6-21)24-28-22-13-29(8-7-23(22)33-24)20-4-1-17(11-20)25(30)31/h2-3,5-6,9-10,12,17,20H,1,4,7-8,11,13-14H2,(H,30,31). The maximum absolute atomic E-state index is 13.3. The highest BCUT2D eigenvalue weighted by atomic mass is 19.1. The molecule has 2 unspecified atom stereocenters. The second-order valence-electron chi connectivity index (χ2n) is 8.70. The van der Waals surface area contributed by atoms with E-state index in [9.17, 15) is 18.7 Å². The summed E-state index contributed by atoms with van der Waals surface area (Å²) in [4.78, 5) is 18.3. The molecule has 5 rings (SSSR count).